The molecule has 1 aromatic heterocycles. The second-order valence-electron chi connectivity index (χ2n) is 5.56. The van der Waals surface area contributed by atoms with Gasteiger partial charge in [0, 0.05) is 19.7 Å². The van der Waals surface area contributed by atoms with E-state index >= 15 is 0 Å². The lowest BCUT2D eigenvalue weighted by Gasteiger charge is -2.07. The average molecular weight is 378 g/mol. The van der Waals surface area contributed by atoms with Crippen LogP contribution in [0.25, 0.3) is 6.08 Å². The summed E-state index contributed by atoms with van der Waals surface area (Å²) in [5.74, 6) is -0.754. The van der Waals surface area contributed by atoms with Crippen LogP contribution in [0.2, 0.25) is 0 Å². The largest absolute Gasteiger partial charge is 0.435 e. The molecule has 0 saturated heterocycles. The minimum Gasteiger partial charge on any atom is -0.435 e. The Balaban J connectivity index is 2.01. The van der Waals surface area contributed by atoms with Crippen LogP contribution in [-0.2, 0) is 11.8 Å². The number of hydrogen-bond acceptors (Lipinski definition) is 4. The monoisotopic (exact) mass is 378 g/mol. The molecule has 27 heavy (non-hydrogen) atoms. The second kappa shape index (κ2) is 9.46. The molecular weight excluding hydrogens is 358 g/mol. The predicted octanol–water partition coefficient (Wildman–Crippen LogP) is 2.81. The Morgan fingerprint density at radius 3 is 2.63 bits per heavy atom. The Morgan fingerprint density at radius 2 is 2.00 bits per heavy atom. The van der Waals surface area contributed by atoms with Gasteiger partial charge in [-0.1, -0.05) is 19.1 Å². The van der Waals surface area contributed by atoms with E-state index in [1.807, 2.05) is 6.92 Å². The van der Waals surface area contributed by atoms with Crippen molar-refractivity contribution in [1.29, 1.82) is 0 Å². The van der Waals surface area contributed by atoms with Gasteiger partial charge >= 0.3 is 6.61 Å². The highest BCUT2D eigenvalue weighted by atomic mass is 19.3. The van der Waals surface area contributed by atoms with E-state index in [2.05, 4.69) is 20.5 Å². The maximum Gasteiger partial charge on any atom is 0.387 e. The van der Waals surface area contributed by atoms with Gasteiger partial charge in [0.25, 0.3) is 5.91 Å². The molecule has 0 aliphatic carbocycles. The summed E-state index contributed by atoms with van der Waals surface area (Å²) in [7, 11) is 1.61. The van der Waals surface area contributed by atoms with E-state index in [0.29, 0.717) is 17.8 Å². The maximum atomic E-state index is 12.2. The van der Waals surface area contributed by atoms with Crippen molar-refractivity contribution in [2.24, 2.45) is 7.05 Å². The van der Waals surface area contributed by atoms with Gasteiger partial charge in [-0.05, 0) is 30.2 Å². The number of rotatable bonds is 8. The second-order valence-corrected chi connectivity index (χ2v) is 5.56. The fraction of sp³-hybridized carbons (Fsp3) is 0.278. The van der Waals surface area contributed by atoms with Crippen LogP contribution in [0, 0.1) is 0 Å². The molecule has 0 spiro atoms. The highest BCUT2D eigenvalue weighted by Crippen LogP contribution is 2.16. The van der Waals surface area contributed by atoms with E-state index in [-0.39, 0.29) is 17.4 Å². The summed E-state index contributed by atoms with van der Waals surface area (Å²) in [5.41, 5.74) is 1.17. The number of hydrogen-bond donors (Lipinski definition) is 2. The molecule has 0 unspecified atom stereocenters. The van der Waals surface area contributed by atoms with Crippen molar-refractivity contribution in [2.45, 2.75) is 20.0 Å². The quantitative estimate of drug-likeness (QED) is 0.692. The molecule has 1 aromatic carbocycles. The highest BCUT2D eigenvalue weighted by molar-refractivity contribution is 6.06. The number of amides is 2. The summed E-state index contributed by atoms with van der Waals surface area (Å²) >= 11 is 0. The van der Waals surface area contributed by atoms with Crippen LogP contribution >= 0.6 is 0 Å². The number of alkyl halides is 2. The number of aryl methyl sites for hydroxylation is 1. The molecule has 2 aromatic rings. The number of carbonyl (C=O) groups is 2. The van der Waals surface area contributed by atoms with Gasteiger partial charge < -0.3 is 15.4 Å². The number of nitrogens with one attached hydrogen (secondary N) is 2. The number of anilines is 1. The first-order chi connectivity index (χ1) is 12.9. The van der Waals surface area contributed by atoms with Crippen molar-refractivity contribution < 1.29 is 23.1 Å². The average Bonchev–Trinajstić information content (AvgIpc) is 2.99. The van der Waals surface area contributed by atoms with Gasteiger partial charge in [-0.3, -0.25) is 14.3 Å². The standard InChI is InChI=1S/C18H20F2N4O3/c1-3-10-21-17(26)16-14(11-22-24(16)2)23-15(25)9-6-12-4-7-13(8-5-12)27-18(19)20/h4-9,11,18H,3,10H2,1-2H3,(H,21,26)(H,23,25)/b9-6-. The van der Waals surface area contributed by atoms with Crippen LogP contribution in [-0.4, -0.2) is 34.8 Å². The third kappa shape index (κ3) is 5.91. The first-order valence-corrected chi connectivity index (χ1v) is 8.24. The normalized spacial score (nSPS) is 11.0. The lowest BCUT2D eigenvalue weighted by atomic mass is 10.2. The molecule has 0 aliphatic heterocycles. The maximum absolute atomic E-state index is 12.2. The van der Waals surface area contributed by atoms with E-state index in [0.717, 1.165) is 6.42 Å². The number of benzene rings is 1. The molecule has 0 atom stereocenters. The zero-order valence-electron chi connectivity index (χ0n) is 14.9. The van der Waals surface area contributed by atoms with Crippen molar-refractivity contribution in [3.63, 3.8) is 0 Å². The molecule has 1 heterocycles. The minimum atomic E-state index is -2.89. The Morgan fingerprint density at radius 1 is 1.30 bits per heavy atom. The van der Waals surface area contributed by atoms with Crippen LogP contribution < -0.4 is 15.4 Å². The number of aromatic nitrogens is 2. The number of ether oxygens (including phenoxy) is 1. The van der Waals surface area contributed by atoms with Gasteiger partial charge in [0.2, 0.25) is 5.91 Å². The lowest BCUT2D eigenvalue weighted by molar-refractivity contribution is -0.111. The van der Waals surface area contributed by atoms with Crippen LogP contribution in [0.5, 0.6) is 5.75 Å². The van der Waals surface area contributed by atoms with E-state index < -0.39 is 12.5 Å². The van der Waals surface area contributed by atoms with Crippen molar-refractivity contribution in [2.75, 3.05) is 11.9 Å². The van der Waals surface area contributed by atoms with Gasteiger partial charge in [0.15, 0.2) is 0 Å². The summed E-state index contributed by atoms with van der Waals surface area (Å²) in [6.45, 7) is -0.438. The van der Waals surface area contributed by atoms with Crippen molar-refractivity contribution >= 4 is 23.6 Å². The molecule has 0 bridgehead atoms. The van der Waals surface area contributed by atoms with Crippen molar-refractivity contribution in [3.05, 3.63) is 47.8 Å². The van der Waals surface area contributed by atoms with E-state index in [1.54, 1.807) is 7.05 Å². The predicted molar refractivity (Wildman–Crippen MR) is 96.6 cm³/mol. The van der Waals surface area contributed by atoms with Gasteiger partial charge in [0.1, 0.15) is 11.4 Å². The third-order valence-electron chi connectivity index (χ3n) is 3.48. The zero-order valence-corrected chi connectivity index (χ0v) is 14.9. The van der Waals surface area contributed by atoms with E-state index in [4.69, 9.17) is 0 Å². The van der Waals surface area contributed by atoms with E-state index in [9.17, 15) is 18.4 Å². The third-order valence-corrected chi connectivity index (χ3v) is 3.48. The molecule has 0 radical (unpaired) electrons. The van der Waals surface area contributed by atoms with Gasteiger partial charge in [0.05, 0.1) is 11.9 Å². The van der Waals surface area contributed by atoms with Gasteiger partial charge in [-0.2, -0.15) is 13.9 Å². The number of halogens is 2. The minimum absolute atomic E-state index is 0.0321. The lowest BCUT2D eigenvalue weighted by Crippen LogP contribution is -2.27. The first-order valence-electron chi connectivity index (χ1n) is 8.24. The van der Waals surface area contributed by atoms with Gasteiger partial charge in [-0.15, -0.1) is 0 Å². The van der Waals surface area contributed by atoms with E-state index in [1.165, 1.54) is 47.3 Å². The molecule has 0 aliphatic rings. The summed E-state index contributed by atoms with van der Waals surface area (Å²) in [4.78, 5) is 24.3. The molecular formula is C18H20F2N4O3. The SMILES string of the molecule is CCCNC(=O)c1c(NC(=O)/C=C\c2ccc(OC(F)F)cc2)cnn1C. The fourth-order valence-electron chi connectivity index (χ4n) is 2.23. The molecule has 2 N–H and O–H groups in total. The van der Waals surface area contributed by atoms with Crippen molar-refractivity contribution in [1.82, 2.24) is 15.1 Å². The Hall–Kier alpha value is -3.23. The van der Waals surface area contributed by atoms with Crippen LogP contribution in [0.3, 0.4) is 0 Å². The summed E-state index contributed by atoms with van der Waals surface area (Å²) < 4.78 is 29.9. The van der Waals surface area contributed by atoms with Gasteiger partial charge in [-0.25, -0.2) is 0 Å². The van der Waals surface area contributed by atoms with Crippen LogP contribution in [0.4, 0.5) is 14.5 Å². The molecule has 2 amide bonds. The molecule has 2 rings (SSSR count). The molecule has 7 nitrogen and oxygen atoms in total. The molecule has 144 valence electrons. The molecule has 9 heteroatoms. The molecule has 0 fully saturated rings. The van der Waals surface area contributed by atoms with Crippen molar-refractivity contribution in [3.8, 4) is 5.75 Å². The Bertz CT molecular complexity index is 817. The summed E-state index contributed by atoms with van der Waals surface area (Å²) in [6, 6.07) is 5.83. The highest BCUT2D eigenvalue weighted by Gasteiger charge is 2.17. The Labute approximate surface area is 155 Å². The summed E-state index contributed by atoms with van der Waals surface area (Å²) in [5, 5.41) is 9.33. The topological polar surface area (TPSA) is 85.2 Å². The van der Waals surface area contributed by atoms with Crippen LogP contribution in [0.15, 0.2) is 36.5 Å². The first kappa shape index (κ1) is 20.1. The molecule has 0 saturated carbocycles. The summed E-state index contributed by atoms with van der Waals surface area (Å²) in [6.07, 6.45) is 4.95. The smallest absolute Gasteiger partial charge is 0.387 e. The number of carbonyl (C=O) groups excluding carboxylic acids is 2. The fourth-order valence-corrected chi connectivity index (χ4v) is 2.23. The number of nitrogens with zero attached hydrogens (tertiary/aromatic N) is 2. The zero-order chi connectivity index (χ0) is 19.8. The Kier molecular flexibility index (Phi) is 7.04. The van der Waals surface area contributed by atoms with Crippen LogP contribution in [0.1, 0.15) is 29.4 Å².